The van der Waals surface area contributed by atoms with E-state index in [2.05, 4.69) is 34.0 Å². The van der Waals surface area contributed by atoms with Gasteiger partial charge in [0, 0.05) is 29.3 Å². The lowest BCUT2D eigenvalue weighted by Gasteiger charge is -2.25. The number of hydrogen-bond donors (Lipinski definition) is 2. The summed E-state index contributed by atoms with van der Waals surface area (Å²) in [7, 11) is 0. The average Bonchev–Trinajstić information content (AvgIpc) is 3.33. The van der Waals surface area contributed by atoms with Crippen molar-refractivity contribution < 1.29 is 9.90 Å². The summed E-state index contributed by atoms with van der Waals surface area (Å²) in [5.41, 5.74) is 12.4. The number of imidazole rings is 1. The normalized spacial score (nSPS) is 18.0. The smallest absolute Gasteiger partial charge is 0.306 e. The van der Waals surface area contributed by atoms with Crippen LogP contribution in [0.1, 0.15) is 43.0 Å². The first-order valence-corrected chi connectivity index (χ1v) is 12.2. The van der Waals surface area contributed by atoms with E-state index < -0.39 is 5.97 Å². The summed E-state index contributed by atoms with van der Waals surface area (Å²) in [5, 5.41) is 10.4. The topological polar surface area (TPSA) is 119 Å². The van der Waals surface area contributed by atoms with Crippen LogP contribution < -0.4 is 5.73 Å². The fraction of sp³-hybridized carbons (Fsp3) is 0.250. The van der Waals surface area contributed by atoms with E-state index in [1.165, 1.54) is 0 Å². The lowest BCUT2D eigenvalue weighted by Crippen LogP contribution is -2.21. The second-order valence-corrected chi connectivity index (χ2v) is 9.54. The maximum atomic E-state index is 11.4. The van der Waals surface area contributed by atoms with Crippen LogP contribution in [0.15, 0.2) is 61.1 Å². The standard InChI is InChI=1S/C28H26N6O2/c1-16-12-23(21-4-2-3-11-30-21)32-22-13-19(9-10-20(16)22)24-15-34-25(26(29)33-24)14-31-27(34)17-5-7-18(8-6-17)28(35)36/h2-4,9-15,17-18H,5-8H2,1H3,(H2,29,33)(H,35,36). The molecule has 0 aliphatic heterocycles. The molecule has 1 aliphatic rings. The number of nitrogen functional groups attached to an aromatic ring is 1. The zero-order valence-corrected chi connectivity index (χ0v) is 19.9. The van der Waals surface area contributed by atoms with Crippen LogP contribution in [0.4, 0.5) is 5.82 Å². The Morgan fingerprint density at radius 2 is 1.83 bits per heavy atom. The van der Waals surface area contributed by atoms with E-state index >= 15 is 0 Å². The molecule has 3 N–H and O–H groups in total. The third-order valence-electron chi connectivity index (χ3n) is 7.26. The monoisotopic (exact) mass is 478 g/mol. The molecule has 36 heavy (non-hydrogen) atoms. The molecule has 0 saturated heterocycles. The van der Waals surface area contributed by atoms with Crippen LogP contribution in [0.5, 0.6) is 0 Å². The Balaban J connectivity index is 1.41. The van der Waals surface area contributed by atoms with Crippen LogP contribution >= 0.6 is 0 Å². The summed E-state index contributed by atoms with van der Waals surface area (Å²) in [5.74, 6) is 0.552. The largest absolute Gasteiger partial charge is 0.481 e. The van der Waals surface area contributed by atoms with E-state index in [1.54, 1.807) is 12.4 Å². The highest BCUT2D eigenvalue weighted by molar-refractivity contribution is 5.88. The molecule has 1 aromatic carbocycles. The number of carbonyl (C=O) groups is 1. The number of carboxylic acid groups (broad SMARTS) is 1. The Labute approximate surface area is 207 Å². The number of rotatable bonds is 4. The molecule has 6 rings (SSSR count). The van der Waals surface area contributed by atoms with Gasteiger partial charge < -0.3 is 10.8 Å². The Morgan fingerprint density at radius 1 is 1.00 bits per heavy atom. The first-order chi connectivity index (χ1) is 17.5. The Kier molecular flexibility index (Phi) is 5.36. The zero-order valence-electron chi connectivity index (χ0n) is 19.9. The number of nitrogens with two attached hydrogens (primary N) is 1. The molecule has 180 valence electrons. The highest BCUT2D eigenvalue weighted by Gasteiger charge is 2.29. The minimum Gasteiger partial charge on any atom is -0.481 e. The Bertz CT molecular complexity index is 1600. The summed E-state index contributed by atoms with van der Waals surface area (Å²) in [6.07, 6.45) is 8.42. The summed E-state index contributed by atoms with van der Waals surface area (Å²) in [6.45, 7) is 2.08. The van der Waals surface area contributed by atoms with Gasteiger partial charge in [0.15, 0.2) is 0 Å². The predicted molar refractivity (Wildman–Crippen MR) is 138 cm³/mol. The SMILES string of the molecule is Cc1cc(-c2ccccn2)nc2cc(-c3cn4c(C5CCC(C(=O)O)CC5)ncc4c(N)n3)ccc12. The first-order valence-electron chi connectivity index (χ1n) is 12.2. The number of benzene rings is 1. The van der Waals surface area contributed by atoms with Crippen LogP contribution in [0, 0.1) is 12.8 Å². The molecule has 1 saturated carbocycles. The second-order valence-electron chi connectivity index (χ2n) is 9.54. The summed E-state index contributed by atoms with van der Waals surface area (Å²) >= 11 is 0. The van der Waals surface area contributed by atoms with Gasteiger partial charge in [-0.1, -0.05) is 18.2 Å². The lowest BCUT2D eigenvalue weighted by molar-refractivity contribution is -0.142. The molecule has 4 heterocycles. The highest BCUT2D eigenvalue weighted by atomic mass is 16.4. The molecule has 4 aromatic heterocycles. The quantitative estimate of drug-likeness (QED) is 0.362. The van der Waals surface area contributed by atoms with Crippen molar-refractivity contribution in [3.8, 4) is 22.6 Å². The predicted octanol–water partition coefficient (Wildman–Crippen LogP) is 5.26. The van der Waals surface area contributed by atoms with Crippen molar-refractivity contribution in [3.63, 3.8) is 0 Å². The van der Waals surface area contributed by atoms with E-state index in [1.807, 2.05) is 40.9 Å². The molecule has 0 amide bonds. The molecule has 8 heteroatoms. The van der Waals surface area contributed by atoms with Crippen molar-refractivity contribution in [2.75, 3.05) is 5.73 Å². The minimum absolute atomic E-state index is 0.194. The third kappa shape index (κ3) is 3.84. The molecular weight excluding hydrogens is 452 g/mol. The molecule has 0 unspecified atom stereocenters. The maximum Gasteiger partial charge on any atom is 0.306 e. The lowest BCUT2D eigenvalue weighted by atomic mass is 9.81. The third-order valence-corrected chi connectivity index (χ3v) is 7.26. The van der Waals surface area contributed by atoms with Crippen LogP contribution in [0.3, 0.4) is 0 Å². The van der Waals surface area contributed by atoms with Gasteiger partial charge in [0.05, 0.1) is 34.7 Å². The molecule has 0 radical (unpaired) electrons. The van der Waals surface area contributed by atoms with Crippen molar-refractivity contribution >= 4 is 28.2 Å². The van der Waals surface area contributed by atoms with Crippen LogP contribution in [0.25, 0.3) is 39.1 Å². The van der Waals surface area contributed by atoms with Crippen LogP contribution in [0.2, 0.25) is 0 Å². The number of hydrogen-bond acceptors (Lipinski definition) is 6. The van der Waals surface area contributed by atoms with Crippen molar-refractivity contribution in [2.24, 2.45) is 5.92 Å². The molecule has 1 fully saturated rings. The van der Waals surface area contributed by atoms with Crippen LogP contribution in [-0.2, 0) is 4.79 Å². The number of carboxylic acids is 1. The average molecular weight is 479 g/mol. The molecule has 1 aliphatic carbocycles. The van der Waals surface area contributed by atoms with Crippen LogP contribution in [-0.4, -0.2) is 35.4 Å². The van der Waals surface area contributed by atoms with Crippen molar-refractivity contribution in [3.05, 3.63) is 72.4 Å². The van der Waals surface area contributed by atoms with E-state index in [0.29, 0.717) is 18.7 Å². The Morgan fingerprint density at radius 3 is 2.58 bits per heavy atom. The Hall–Kier alpha value is -4.33. The van der Waals surface area contributed by atoms with Gasteiger partial charge in [0.25, 0.3) is 0 Å². The van der Waals surface area contributed by atoms with Crippen molar-refractivity contribution in [1.29, 1.82) is 0 Å². The fourth-order valence-corrected chi connectivity index (χ4v) is 5.29. The number of aryl methyl sites for hydroxylation is 1. The van der Waals surface area contributed by atoms with Gasteiger partial charge in [0.2, 0.25) is 0 Å². The summed E-state index contributed by atoms with van der Waals surface area (Å²) in [6, 6.07) is 14.0. The summed E-state index contributed by atoms with van der Waals surface area (Å²) in [4.78, 5) is 30.1. The van der Waals surface area contributed by atoms with Gasteiger partial charge in [-0.3, -0.25) is 14.2 Å². The fourth-order valence-electron chi connectivity index (χ4n) is 5.29. The molecule has 8 nitrogen and oxygen atoms in total. The van der Waals surface area contributed by atoms with E-state index in [9.17, 15) is 9.90 Å². The molecule has 0 spiro atoms. The number of aromatic nitrogens is 5. The molecular formula is C28H26N6O2. The van der Waals surface area contributed by atoms with Crippen molar-refractivity contribution in [2.45, 2.75) is 38.5 Å². The van der Waals surface area contributed by atoms with Gasteiger partial charge in [-0.25, -0.2) is 15.0 Å². The highest BCUT2D eigenvalue weighted by Crippen LogP contribution is 2.36. The number of pyridine rings is 2. The van der Waals surface area contributed by atoms with E-state index in [0.717, 1.165) is 63.3 Å². The van der Waals surface area contributed by atoms with Gasteiger partial charge in [-0.05, 0) is 62.4 Å². The maximum absolute atomic E-state index is 11.4. The van der Waals surface area contributed by atoms with Gasteiger partial charge in [-0.2, -0.15) is 0 Å². The van der Waals surface area contributed by atoms with Gasteiger partial charge >= 0.3 is 5.97 Å². The number of nitrogens with zero attached hydrogens (tertiary/aromatic N) is 5. The van der Waals surface area contributed by atoms with E-state index in [4.69, 9.17) is 10.7 Å². The second kappa shape index (κ2) is 8.71. The van der Waals surface area contributed by atoms with Gasteiger partial charge in [0.1, 0.15) is 17.2 Å². The van der Waals surface area contributed by atoms with Crippen molar-refractivity contribution in [1.82, 2.24) is 24.3 Å². The summed E-state index contributed by atoms with van der Waals surface area (Å²) < 4.78 is 2.02. The molecule has 5 aromatic rings. The number of anilines is 1. The number of fused-ring (bicyclic) bond motifs is 2. The first kappa shape index (κ1) is 22.2. The molecule has 0 bridgehead atoms. The number of aliphatic carboxylic acids is 1. The zero-order chi connectivity index (χ0) is 24.8. The van der Waals surface area contributed by atoms with Gasteiger partial charge in [-0.15, -0.1) is 0 Å². The minimum atomic E-state index is -0.705. The van der Waals surface area contributed by atoms with E-state index in [-0.39, 0.29) is 11.8 Å². The molecule has 0 atom stereocenters.